The van der Waals surface area contributed by atoms with Crippen LogP contribution >= 0.6 is 11.3 Å². The van der Waals surface area contributed by atoms with E-state index in [1.54, 1.807) is 17.4 Å². The molecule has 0 bridgehead atoms. The van der Waals surface area contributed by atoms with Crippen LogP contribution in [0.5, 0.6) is 0 Å². The van der Waals surface area contributed by atoms with Crippen molar-refractivity contribution in [1.29, 1.82) is 0 Å². The number of pyridine rings is 1. The maximum Gasteiger partial charge on any atom is 0.214 e. The minimum atomic E-state index is -0.497. The highest BCUT2D eigenvalue weighted by Crippen LogP contribution is 2.06. The Kier molecular flexibility index (Phi) is 2.57. The zero-order valence-electron chi connectivity index (χ0n) is 7.20. The van der Waals surface area contributed by atoms with Crippen LogP contribution in [0.4, 0.5) is 4.39 Å². The highest BCUT2D eigenvalue weighted by Gasteiger charge is 1.91. The first-order valence-corrected chi connectivity index (χ1v) is 4.89. The lowest BCUT2D eigenvalue weighted by Crippen LogP contribution is -1.82. The summed E-state index contributed by atoms with van der Waals surface area (Å²) in [6.07, 6.45) is 1.41. The summed E-state index contributed by atoms with van der Waals surface area (Å²) < 4.78 is 12.7. The lowest BCUT2D eigenvalue weighted by molar-refractivity contribution is 0.583. The molecule has 0 aromatic carbocycles. The second-order valence-corrected chi connectivity index (χ2v) is 3.54. The predicted molar refractivity (Wildman–Crippen MR) is 54.5 cm³/mol. The van der Waals surface area contributed by atoms with Crippen molar-refractivity contribution in [1.82, 2.24) is 4.98 Å². The Morgan fingerprint density at radius 2 is 2.21 bits per heavy atom. The molecule has 0 fully saturated rings. The molecule has 0 radical (unpaired) electrons. The number of aromatic nitrogens is 1. The van der Waals surface area contributed by atoms with Crippen molar-refractivity contribution in [3.05, 3.63) is 52.2 Å². The summed E-state index contributed by atoms with van der Waals surface area (Å²) in [5.74, 6) is 5.31. The third-order valence-corrected chi connectivity index (χ3v) is 2.36. The van der Waals surface area contributed by atoms with E-state index in [2.05, 4.69) is 16.8 Å². The molecule has 0 aliphatic heterocycles. The molecule has 0 atom stereocenters. The average Bonchev–Trinajstić information content (AvgIpc) is 2.67. The summed E-state index contributed by atoms with van der Waals surface area (Å²) in [6, 6.07) is 6.86. The summed E-state index contributed by atoms with van der Waals surface area (Å²) >= 11 is 1.56. The van der Waals surface area contributed by atoms with E-state index in [0.717, 1.165) is 4.88 Å². The van der Waals surface area contributed by atoms with Crippen LogP contribution in [0.1, 0.15) is 10.4 Å². The maximum atomic E-state index is 12.7. The molecule has 0 amide bonds. The van der Waals surface area contributed by atoms with Crippen LogP contribution in [0.3, 0.4) is 0 Å². The van der Waals surface area contributed by atoms with E-state index in [9.17, 15) is 4.39 Å². The fourth-order valence-electron chi connectivity index (χ4n) is 0.964. The van der Waals surface area contributed by atoms with Crippen LogP contribution in [0, 0.1) is 17.8 Å². The zero-order valence-corrected chi connectivity index (χ0v) is 8.01. The van der Waals surface area contributed by atoms with Crippen molar-refractivity contribution in [2.45, 2.75) is 0 Å². The predicted octanol–water partition coefficient (Wildman–Crippen LogP) is 2.68. The molecule has 2 aromatic heterocycles. The normalized spacial score (nSPS) is 9.21. The van der Waals surface area contributed by atoms with E-state index in [1.807, 2.05) is 17.5 Å². The van der Waals surface area contributed by atoms with E-state index in [0.29, 0.717) is 5.56 Å². The van der Waals surface area contributed by atoms with Crippen LogP contribution in [0.2, 0.25) is 0 Å². The van der Waals surface area contributed by atoms with Gasteiger partial charge in [0, 0.05) is 17.8 Å². The first kappa shape index (κ1) is 8.92. The largest absolute Gasteiger partial charge is 0.228 e. The van der Waals surface area contributed by atoms with E-state index >= 15 is 0 Å². The fourth-order valence-corrected chi connectivity index (χ4v) is 1.53. The monoisotopic (exact) mass is 203 g/mol. The smallest absolute Gasteiger partial charge is 0.214 e. The van der Waals surface area contributed by atoms with Gasteiger partial charge in [0.1, 0.15) is 0 Å². The lowest BCUT2D eigenvalue weighted by Gasteiger charge is -1.87. The van der Waals surface area contributed by atoms with Gasteiger partial charge in [0.2, 0.25) is 5.95 Å². The second-order valence-electron chi connectivity index (χ2n) is 2.59. The quantitative estimate of drug-likeness (QED) is 0.474. The van der Waals surface area contributed by atoms with Crippen molar-refractivity contribution >= 4 is 11.3 Å². The summed E-state index contributed by atoms with van der Waals surface area (Å²) in [5, 5.41) is 1.96. The van der Waals surface area contributed by atoms with E-state index < -0.39 is 5.95 Å². The molecule has 3 heteroatoms. The number of hydrogen-bond acceptors (Lipinski definition) is 2. The topological polar surface area (TPSA) is 12.9 Å². The van der Waals surface area contributed by atoms with Crippen molar-refractivity contribution in [2.75, 3.05) is 0 Å². The Labute approximate surface area is 85.2 Å². The van der Waals surface area contributed by atoms with Gasteiger partial charge in [0.25, 0.3) is 0 Å². The molecule has 0 N–H and O–H groups in total. The Morgan fingerprint density at radius 1 is 1.29 bits per heavy atom. The lowest BCUT2D eigenvalue weighted by atomic mass is 10.3. The maximum absolute atomic E-state index is 12.7. The zero-order chi connectivity index (χ0) is 9.80. The number of nitrogens with zero attached hydrogens (tertiary/aromatic N) is 1. The molecule has 0 unspecified atom stereocenters. The molecule has 0 spiro atoms. The van der Waals surface area contributed by atoms with Gasteiger partial charge in [-0.3, -0.25) is 0 Å². The summed E-state index contributed by atoms with van der Waals surface area (Å²) in [6.45, 7) is 0. The molecule has 14 heavy (non-hydrogen) atoms. The van der Waals surface area contributed by atoms with Crippen LogP contribution < -0.4 is 0 Å². The summed E-state index contributed by atoms with van der Waals surface area (Å²) in [4.78, 5) is 4.43. The van der Waals surface area contributed by atoms with Crippen molar-refractivity contribution in [3.8, 4) is 11.8 Å². The van der Waals surface area contributed by atoms with Gasteiger partial charge in [0.15, 0.2) is 0 Å². The van der Waals surface area contributed by atoms with Gasteiger partial charge in [-0.25, -0.2) is 4.98 Å². The van der Waals surface area contributed by atoms with Crippen molar-refractivity contribution < 1.29 is 4.39 Å². The van der Waals surface area contributed by atoms with Gasteiger partial charge in [-0.15, -0.1) is 11.3 Å². The Hall–Kier alpha value is -1.66. The first-order chi connectivity index (χ1) is 6.84. The van der Waals surface area contributed by atoms with Crippen LogP contribution in [-0.4, -0.2) is 4.98 Å². The van der Waals surface area contributed by atoms with Crippen molar-refractivity contribution in [2.24, 2.45) is 0 Å². The summed E-state index contributed by atoms with van der Waals surface area (Å²) in [7, 11) is 0. The highest BCUT2D eigenvalue weighted by molar-refractivity contribution is 7.10. The number of rotatable bonds is 0. The minimum Gasteiger partial charge on any atom is -0.228 e. The van der Waals surface area contributed by atoms with E-state index in [4.69, 9.17) is 0 Å². The standard InChI is InChI=1S/C11H6FNS/c12-11-8-9(5-6-13-11)3-4-10-2-1-7-14-10/h1-2,5-8H. The third kappa shape index (κ3) is 2.18. The third-order valence-electron chi connectivity index (χ3n) is 1.58. The molecular formula is C11H6FNS. The van der Waals surface area contributed by atoms with Gasteiger partial charge in [-0.2, -0.15) is 4.39 Å². The Balaban J connectivity index is 2.26. The van der Waals surface area contributed by atoms with E-state index in [1.165, 1.54) is 12.3 Å². The summed E-state index contributed by atoms with van der Waals surface area (Å²) in [5.41, 5.74) is 0.644. The van der Waals surface area contributed by atoms with Crippen molar-refractivity contribution in [3.63, 3.8) is 0 Å². The van der Waals surface area contributed by atoms with Crippen LogP contribution in [0.15, 0.2) is 35.8 Å². The molecule has 0 aliphatic rings. The van der Waals surface area contributed by atoms with Gasteiger partial charge < -0.3 is 0 Å². The molecule has 2 heterocycles. The number of halogens is 1. The van der Waals surface area contributed by atoms with Crippen LogP contribution in [-0.2, 0) is 0 Å². The molecular weight excluding hydrogens is 197 g/mol. The van der Waals surface area contributed by atoms with Gasteiger partial charge in [-0.1, -0.05) is 17.9 Å². The van der Waals surface area contributed by atoms with Gasteiger partial charge >= 0.3 is 0 Å². The average molecular weight is 203 g/mol. The molecule has 2 aromatic rings. The van der Waals surface area contributed by atoms with Gasteiger partial charge in [0.05, 0.1) is 4.88 Å². The number of hydrogen-bond donors (Lipinski definition) is 0. The molecule has 2 rings (SSSR count). The fraction of sp³-hybridized carbons (Fsp3) is 0. The van der Waals surface area contributed by atoms with E-state index in [-0.39, 0.29) is 0 Å². The van der Waals surface area contributed by atoms with Gasteiger partial charge in [-0.05, 0) is 17.5 Å². The molecule has 0 saturated carbocycles. The first-order valence-electron chi connectivity index (χ1n) is 4.02. The van der Waals surface area contributed by atoms with Crippen LogP contribution in [0.25, 0.3) is 0 Å². The SMILES string of the molecule is Fc1cc(C#Cc2cccs2)ccn1. The molecule has 0 aliphatic carbocycles. The molecule has 68 valence electrons. The Bertz CT molecular complexity index is 479. The molecule has 1 nitrogen and oxygen atoms in total. The Morgan fingerprint density at radius 3 is 2.93 bits per heavy atom. The number of thiophene rings is 1. The molecule has 0 saturated heterocycles. The minimum absolute atomic E-state index is 0.497. The second kappa shape index (κ2) is 4.03. The highest BCUT2D eigenvalue weighted by atomic mass is 32.1.